The van der Waals surface area contributed by atoms with Gasteiger partial charge in [-0.3, -0.25) is 4.98 Å². The van der Waals surface area contributed by atoms with Crippen LogP contribution in [-0.2, 0) is 16.3 Å². The predicted octanol–water partition coefficient (Wildman–Crippen LogP) is 9.37. The first-order valence-corrected chi connectivity index (χ1v) is 18.1. The molecule has 4 rings (SSSR count). The lowest BCUT2D eigenvalue weighted by Crippen LogP contribution is -2.46. The van der Waals surface area contributed by atoms with Gasteiger partial charge in [-0.1, -0.05) is 86.1 Å². The smallest absolute Gasteiger partial charge is 0.192 e. The minimum absolute atomic E-state index is 0.0553. The van der Waals surface area contributed by atoms with Crippen molar-refractivity contribution in [2.45, 2.75) is 129 Å². The van der Waals surface area contributed by atoms with Gasteiger partial charge < -0.3 is 9.53 Å². The molecule has 0 aliphatic heterocycles. The van der Waals surface area contributed by atoms with E-state index < -0.39 is 14.4 Å². The number of rotatable bonds is 5. The molecule has 3 nitrogen and oxygen atoms in total. The van der Waals surface area contributed by atoms with E-state index in [9.17, 15) is 5.11 Å². The number of hydrogen-bond donors (Lipinski definition) is 1. The summed E-state index contributed by atoms with van der Waals surface area (Å²) in [5.41, 5.74) is 7.13. The second kappa shape index (κ2) is 10.0. The Morgan fingerprint density at radius 2 is 1.65 bits per heavy atom. The number of nitrogens with zero attached hydrogens (tertiary/aromatic N) is 1. The third-order valence-corrected chi connectivity index (χ3v) is 15.0. The van der Waals surface area contributed by atoms with Crippen LogP contribution in [0.2, 0.25) is 18.1 Å². The third-order valence-electron chi connectivity index (χ3n) is 9.37. The van der Waals surface area contributed by atoms with Crippen LogP contribution in [0.25, 0.3) is 0 Å². The Morgan fingerprint density at radius 1 is 1.05 bits per heavy atom. The molecule has 5 heteroatoms. The topological polar surface area (TPSA) is 42.4 Å². The van der Waals surface area contributed by atoms with E-state index in [0.29, 0.717) is 5.41 Å². The van der Waals surface area contributed by atoms with Crippen LogP contribution in [0.4, 0.5) is 0 Å². The van der Waals surface area contributed by atoms with Crippen molar-refractivity contribution in [1.29, 1.82) is 0 Å². The summed E-state index contributed by atoms with van der Waals surface area (Å²) in [4.78, 5) is 5.37. The summed E-state index contributed by atoms with van der Waals surface area (Å²) in [6.07, 6.45) is 5.36. The predicted molar refractivity (Wildman–Crippen MR) is 166 cm³/mol. The van der Waals surface area contributed by atoms with Gasteiger partial charge in [0, 0.05) is 20.4 Å². The first-order valence-electron chi connectivity index (χ1n) is 14.1. The van der Waals surface area contributed by atoms with E-state index in [1.807, 2.05) is 0 Å². The maximum absolute atomic E-state index is 11.8. The molecule has 1 unspecified atom stereocenters. The molecule has 1 aromatic carbocycles. The van der Waals surface area contributed by atoms with E-state index in [1.165, 1.54) is 36.1 Å². The van der Waals surface area contributed by atoms with Gasteiger partial charge in [0.05, 0.1) is 11.8 Å². The molecule has 2 aromatic rings. The highest BCUT2D eigenvalue weighted by Gasteiger charge is 2.49. The lowest BCUT2D eigenvalue weighted by molar-refractivity contribution is 0.0293. The Kier molecular flexibility index (Phi) is 7.91. The second-order valence-corrected chi connectivity index (χ2v) is 20.5. The normalized spacial score (nSPS) is 20.6. The van der Waals surface area contributed by atoms with E-state index in [4.69, 9.17) is 9.41 Å². The number of halogens is 1. The summed E-state index contributed by atoms with van der Waals surface area (Å²) >= 11 is 2.51. The number of aliphatic hydroxyl groups excluding tert-OH is 1. The van der Waals surface area contributed by atoms with Crippen LogP contribution in [0, 0.1) is 8.99 Å². The fourth-order valence-electron chi connectivity index (χ4n) is 5.76. The van der Waals surface area contributed by atoms with Gasteiger partial charge in [0.2, 0.25) is 0 Å². The quantitative estimate of drug-likeness (QED) is 0.264. The molecule has 0 radical (unpaired) electrons. The summed E-state index contributed by atoms with van der Waals surface area (Å²) < 4.78 is 8.35. The average Bonchev–Trinajstić information content (AvgIpc) is 2.75. The SMILES string of the molecule is CC(C)c1nc2c(c(I)c1C(O)c1ccc(C(C)(C)C)cc1)[C@@H](O[Si](C)(C)C(C)(C)C)CC1(CCC1)C2. The summed E-state index contributed by atoms with van der Waals surface area (Å²) in [5.74, 6) is 0.233. The highest BCUT2D eigenvalue weighted by molar-refractivity contribution is 14.1. The van der Waals surface area contributed by atoms with Gasteiger partial charge in [-0.25, -0.2) is 0 Å². The Labute approximate surface area is 240 Å². The largest absolute Gasteiger partial charge is 0.410 e. The van der Waals surface area contributed by atoms with Crippen molar-refractivity contribution in [1.82, 2.24) is 4.98 Å². The maximum Gasteiger partial charge on any atom is 0.192 e. The number of aromatic nitrogens is 1. The highest BCUT2D eigenvalue weighted by atomic mass is 127. The molecule has 1 saturated carbocycles. The monoisotopic (exact) mass is 633 g/mol. The maximum atomic E-state index is 11.8. The van der Waals surface area contributed by atoms with Gasteiger partial charge in [-0.2, -0.15) is 0 Å². The molecule has 2 aliphatic carbocycles. The number of hydrogen-bond acceptors (Lipinski definition) is 3. The minimum atomic E-state index is -2.00. The standard InChI is InChI=1S/C32H48INO2Si/c1-20(2)28-26(29(35)21-12-14-22(15-13-21)30(3,4)5)27(33)25-23(34-28)18-32(16-11-17-32)19-24(25)36-37(9,10)31(6,7)8/h12-15,20,24,29,35H,11,16-19H2,1-10H3/t24-,29?/m0/s1. The van der Waals surface area contributed by atoms with E-state index >= 15 is 0 Å². The Bertz CT molecular complexity index is 1140. The fourth-order valence-corrected chi connectivity index (χ4v) is 8.25. The molecule has 1 spiro atoms. The van der Waals surface area contributed by atoms with Crippen LogP contribution in [-0.4, -0.2) is 18.4 Å². The molecule has 0 bridgehead atoms. The van der Waals surface area contributed by atoms with Crippen LogP contribution >= 0.6 is 22.6 Å². The molecular formula is C32H48INO2Si. The number of fused-ring (bicyclic) bond motifs is 1. The molecule has 0 saturated heterocycles. The van der Waals surface area contributed by atoms with Gasteiger partial charge in [-0.15, -0.1) is 0 Å². The second-order valence-electron chi connectivity index (χ2n) is 14.6. The van der Waals surface area contributed by atoms with Crippen LogP contribution in [0.5, 0.6) is 0 Å². The first kappa shape index (κ1) is 29.2. The molecule has 1 fully saturated rings. The van der Waals surface area contributed by atoms with Crippen LogP contribution in [0.3, 0.4) is 0 Å². The summed E-state index contributed by atoms with van der Waals surface area (Å²) in [6.45, 7) is 22.8. The van der Waals surface area contributed by atoms with Gasteiger partial charge in [0.1, 0.15) is 6.10 Å². The van der Waals surface area contributed by atoms with E-state index in [2.05, 4.69) is 115 Å². The zero-order chi connectivity index (χ0) is 27.6. The Hall–Kier alpha value is -0.763. The lowest BCUT2D eigenvalue weighted by Gasteiger charge is -2.50. The summed E-state index contributed by atoms with van der Waals surface area (Å²) in [7, 11) is -2.00. The zero-order valence-corrected chi connectivity index (χ0v) is 27.9. The van der Waals surface area contributed by atoms with E-state index in [-0.39, 0.29) is 22.5 Å². The molecule has 2 atom stereocenters. The number of pyridine rings is 1. The van der Waals surface area contributed by atoms with Crippen LogP contribution in [0.15, 0.2) is 24.3 Å². The molecule has 2 aliphatic rings. The molecular weight excluding hydrogens is 585 g/mol. The van der Waals surface area contributed by atoms with Gasteiger partial charge in [-0.05, 0) is 94.3 Å². The molecule has 1 N–H and O–H groups in total. The molecule has 1 heterocycles. The van der Waals surface area contributed by atoms with Crippen molar-refractivity contribution >= 4 is 30.9 Å². The van der Waals surface area contributed by atoms with E-state index in [1.54, 1.807) is 0 Å². The Balaban J connectivity index is 1.84. The minimum Gasteiger partial charge on any atom is -0.410 e. The first-order chi connectivity index (χ1) is 17.0. The van der Waals surface area contributed by atoms with Crippen LogP contribution < -0.4 is 0 Å². The van der Waals surface area contributed by atoms with Crippen molar-refractivity contribution in [3.8, 4) is 0 Å². The van der Waals surface area contributed by atoms with Crippen molar-refractivity contribution in [2.75, 3.05) is 0 Å². The lowest BCUT2D eigenvalue weighted by atomic mass is 9.59. The van der Waals surface area contributed by atoms with E-state index in [0.717, 1.165) is 33.2 Å². The highest BCUT2D eigenvalue weighted by Crippen LogP contribution is 2.57. The van der Waals surface area contributed by atoms with Crippen LogP contribution in [0.1, 0.15) is 133 Å². The molecule has 37 heavy (non-hydrogen) atoms. The fraction of sp³-hybridized carbons (Fsp3) is 0.656. The van der Waals surface area contributed by atoms with Gasteiger partial charge in [0.15, 0.2) is 8.32 Å². The zero-order valence-electron chi connectivity index (χ0n) is 24.8. The Morgan fingerprint density at radius 3 is 2.11 bits per heavy atom. The molecule has 1 aromatic heterocycles. The summed E-state index contributed by atoms with van der Waals surface area (Å²) in [5, 5.41) is 12.0. The van der Waals surface area contributed by atoms with Crippen molar-refractivity contribution in [3.05, 3.63) is 61.5 Å². The number of aliphatic hydroxyl groups is 1. The van der Waals surface area contributed by atoms with Gasteiger partial charge in [0.25, 0.3) is 0 Å². The van der Waals surface area contributed by atoms with Crippen molar-refractivity contribution < 1.29 is 9.53 Å². The third kappa shape index (κ3) is 5.62. The van der Waals surface area contributed by atoms with Crippen molar-refractivity contribution in [3.63, 3.8) is 0 Å². The van der Waals surface area contributed by atoms with Gasteiger partial charge >= 0.3 is 0 Å². The number of benzene rings is 1. The molecule has 204 valence electrons. The molecule has 0 amide bonds. The summed E-state index contributed by atoms with van der Waals surface area (Å²) in [6, 6.07) is 8.52. The van der Waals surface area contributed by atoms with Crippen molar-refractivity contribution in [2.24, 2.45) is 5.41 Å². The average molecular weight is 634 g/mol.